The van der Waals surface area contributed by atoms with E-state index in [4.69, 9.17) is 32.7 Å². The number of benzene rings is 2. The van der Waals surface area contributed by atoms with Crippen molar-refractivity contribution in [2.24, 2.45) is 5.73 Å². The normalized spacial score (nSPS) is 9.80. The van der Waals surface area contributed by atoms with Crippen molar-refractivity contribution in [3.05, 3.63) is 64.2 Å². The number of nitrogen functional groups attached to an aromatic ring is 1. The Morgan fingerprint density at radius 2 is 1.95 bits per heavy atom. The molecule has 4 nitrogen and oxygen atoms in total. The van der Waals surface area contributed by atoms with Crippen LogP contribution in [0, 0.1) is 16.7 Å². The first-order valence-electron chi connectivity index (χ1n) is 5.86. The molecule has 100 valence electrons. The second-order valence-corrected chi connectivity index (χ2v) is 4.59. The predicted molar refractivity (Wildman–Crippen MR) is 78.0 cm³/mol. The van der Waals surface area contributed by atoms with E-state index in [-0.39, 0.29) is 5.84 Å². The van der Waals surface area contributed by atoms with E-state index in [0.29, 0.717) is 28.5 Å². The van der Waals surface area contributed by atoms with Gasteiger partial charge >= 0.3 is 0 Å². The lowest BCUT2D eigenvalue weighted by Gasteiger charge is -2.09. The minimum absolute atomic E-state index is 0.0780. The Kier molecular flexibility index (Phi) is 4.24. The van der Waals surface area contributed by atoms with Crippen molar-refractivity contribution >= 4 is 17.4 Å². The van der Waals surface area contributed by atoms with Gasteiger partial charge in [-0.05, 0) is 35.9 Å². The smallest absolute Gasteiger partial charge is 0.137 e. The monoisotopic (exact) mass is 285 g/mol. The van der Waals surface area contributed by atoms with Crippen molar-refractivity contribution in [3.63, 3.8) is 0 Å². The van der Waals surface area contributed by atoms with E-state index in [1.165, 1.54) is 0 Å². The summed E-state index contributed by atoms with van der Waals surface area (Å²) in [4.78, 5) is 0. The molecule has 0 aliphatic heterocycles. The average Bonchev–Trinajstić information content (AvgIpc) is 2.46. The van der Waals surface area contributed by atoms with Crippen molar-refractivity contribution in [2.75, 3.05) is 0 Å². The molecule has 0 aliphatic carbocycles. The highest BCUT2D eigenvalue weighted by molar-refractivity contribution is 6.30. The standard InChI is InChI=1S/C15H12ClN3O/c16-13-4-1-10(2-5-13)9-20-14-6-3-11(15(18)19)7-12(14)8-17/h1-7H,9H2,(H3,18,19). The summed E-state index contributed by atoms with van der Waals surface area (Å²) in [7, 11) is 0. The van der Waals surface area contributed by atoms with Gasteiger partial charge in [0.1, 0.15) is 24.3 Å². The van der Waals surface area contributed by atoms with Gasteiger partial charge in [-0.1, -0.05) is 23.7 Å². The Balaban J connectivity index is 2.15. The first-order valence-corrected chi connectivity index (χ1v) is 6.23. The Morgan fingerprint density at radius 1 is 1.25 bits per heavy atom. The van der Waals surface area contributed by atoms with Gasteiger partial charge in [-0.25, -0.2) is 0 Å². The van der Waals surface area contributed by atoms with Gasteiger partial charge in [-0.2, -0.15) is 5.26 Å². The maximum absolute atomic E-state index is 9.10. The van der Waals surface area contributed by atoms with Crippen LogP contribution < -0.4 is 10.5 Å². The van der Waals surface area contributed by atoms with Crippen LogP contribution in [0.1, 0.15) is 16.7 Å². The van der Waals surface area contributed by atoms with Gasteiger partial charge in [0.2, 0.25) is 0 Å². The van der Waals surface area contributed by atoms with Gasteiger partial charge < -0.3 is 10.5 Å². The predicted octanol–water partition coefficient (Wildman–Crippen LogP) is 3.07. The lowest BCUT2D eigenvalue weighted by atomic mass is 10.1. The summed E-state index contributed by atoms with van der Waals surface area (Å²) < 4.78 is 5.61. The fourth-order valence-electron chi connectivity index (χ4n) is 1.65. The third-order valence-corrected chi connectivity index (χ3v) is 2.97. The molecule has 0 spiro atoms. The second-order valence-electron chi connectivity index (χ2n) is 4.15. The fourth-order valence-corrected chi connectivity index (χ4v) is 1.78. The molecule has 2 rings (SSSR count). The average molecular weight is 286 g/mol. The van der Waals surface area contributed by atoms with E-state index in [1.54, 1.807) is 30.3 Å². The maximum atomic E-state index is 9.10. The van der Waals surface area contributed by atoms with E-state index < -0.39 is 0 Å². The molecule has 0 heterocycles. The van der Waals surface area contributed by atoms with Crippen LogP contribution in [0.25, 0.3) is 0 Å². The summed E-state index contributed by atoms with van der Waals surface area (Å²) in [5, 5.41) is 17.1. The molecule has 20 heavy (non-hydrogen) atoms. The van der Waals surface area contributed by atoms with Gasteiger partial charge in [-0.3, -0.25) is 5.41 Å². The van der Waals surface area contributed by atoms with Crippen LogP contribution in [0.4, 0.5) is 0 Å². The van der Waals surface area contributed by atoms with Gasteiger partial charge in [0.15, 0.2) is 0 Å². The van der Waals surface area contributed by atoms with Crippen LogP contribution in [0.15, 0.2) is 42.5 Å². The van der Waals surface area contributed by atoms with Gasteiger partial charge in [0.05, 0.1) is 5.56 Å². The Labute approximate surface area is 121 Å². The number of hydrogen-bond acceptors (Lipinski definition) is 3. The van der Waals surface area contributed by atoms with Crippen LogP contribution in [0.3, 0.4) is 0 Å². The summed E-state index contributed by atoms with van der Waals surface area (Å²) in [6.45, 7) is 0.339. The van der Waals surface area contributed by atoms with Crippen molar-refractivity contribution in [1.82, 2.24) is 0 Å². The van der Waals surface area contributed by atoms with Crippen LogP contribution >= 0.6 is 11.6 Å². The molecular formula is C15H12ClN3O. The molecule has 0 saturated carbocycles. The molecule has 5 heteroatoms. The van der Waals surface area contributed by atoms with Crippen molar-refractivity contribution < 1.29 is 4.74 Å². The van der Waals surface area contributed by atoms with Crippen molar-refractivity contribution in [3.8, 4) is 11.8 Å². The molecule has 2 aromatic carbocycles. The molecule has 0 atom stereocenters. The molecule has 0 saturated heterocycles. The largest absolute Gasteiger partial charge is 0.488 e. The van der Waals surface area contributed by atoms with Gasteiger partial charge in [0, 0.05) is 10.6 Å². The summed E-state index contributed by atoms with van der Waals surface area (Å²) in [5.41, 5.74) is 7.19. The van der Waals surface area contributed by atoms with Crippen molar-refractivity contribution in [1.29, 1.82) is 10.7 Å². The van der Waals surface area contributed by atoms with Crippen LogP contribution in [-0.4, -0.2) is 5.84 Å². The zero-order valence-corrected chi connectivity index (χ0v) is 11.3. The third-order valence-electron chi connectivity index (χ3n) is 2.72. The number of amidine groups is 1. The first-order chi connectivity index (χ1) is 9.60. The number of hydrogen-bond donors (Lipinski definition) is 2. The molecule has 0 fully saturated rings. The number of nitriles is 1. The fraction of sp³-hybridized carbons (Fsp3) is 0.0667. The van der Waals surface area contributed by atoms with Crippen LogP contribution in [0.2, 0.25) is 5.02 Å². The molecule has 0 aromatic heterocycles. The summed E-state index contributed by atoms with van der Waals surface area (Å²) in [6, 6.07) is 14.2. The molecule has 0 unspecified atom stereocenters. The van der Waals surface area contributed by atoms with E-state index in [9.17, 15) is 0 Å². The summed E-state index contributed by atoms with van der Waals surface area (Å²) in [6.07, 6.45) is 0. The second kappa shape index (κ2) is 6.09. The third kappa shape index (κ3) is 3.28. The number of nitrogens with two attached hydrogens (primary N) is 1. The number of halogens is 1. The van der Waals surface area contributed by atoms with E-state index in [2.05, 4.69) is 0 Å². The minimum Gasteiger partial charge on any atom is -0.488 e. The summed E-state index contributed by atoms with van der Waals surface area (Å²) in [5.74, 6) is 0.387. The van der Waals surface area contributed by atoms with Gasteiger partial charge in [-0.15, -0.1) is 0 Å². The number of nitrogens with one attached hydrogen (secondary N) is 1. The zero-order chi connectivity index (χ0) is 14.5. The Hall–Kier alpha value is -2.51. The molecule has 0 amide bonds. The topological polar surface area (TPSA) is 82.9 Å². The highest BCUT2D eigenvalue weighted by Crippen LogP contribution is 2.21. The highest BCUT2D eigenvalue weighted by atomic mass is 35.5. The van der Waals surface area contributed by atoms with Gasteiger partial charge in [0.25, 0.3) is 0 Å². The van der Waals surface area contributed by atoms with Crippen LogP contribution in [-0.2, 0) is 6.61 Å². The zero-order valence-electron chi connectivity index (χ0n) is 10.6. The maximum Gasteiger partial charge on any atom is 0.137 e. The molecule has 3 N–H and O–H groups in total. The lowest BCUT2D eigenvalue weighted by molar-refractivity contribution is 0.305. The SMILES string of the molecule is N#Cc1cc(C(=N)N)ccc1OCc1ccc(Cl)cc1. The molecular weight excluding hydrogens is 274 g/mol. The minimum atomic E-state index is -0.0780. The Morgan fingerprint density at radius 3 is 2.55 bits per heavy atom. The number of rotatable bonds is 4. The number of ether oxygens (including phenoxy) is 1. The molecule has 2 aromatic rings. The summed E-state index contributed by atoms with van der Waals surface area (Å²) >= 11 is 5.81. The van der Waals surface area contributed by atoms with Crippen LogP contribution in [0.5, 0.6) is 5.75 Å². The lowest BCUT2D eigenvalue weighted by Crippen LogP contribution is -2.11. The first kappa shape index (κ1) is 13.9. The van der Waals surface area contributed by atoms with Crippen molar-refractivity contribution in [2.45, 2.75) is 6.61 Å². The quantitative estimate of drug-likeness (QED) is 0.669. The molecule has 0 aliphatic rings. The highest BCUT2D eigenvalue weighted by Gasteiger charge is 2.06. The van der Waals surface area contributed by atoms with E-state index >= 15 is 0 Å². The molecule has 0 radical (unpaired) electrons. The van der Waals surface area contributed by atoms with E-state index in [0.717, 1.165) is 5.56 Å². The van der Waals surface area contributed by atoms with E-state index in [1.807, 2.05) is 18.2 Å². The Bertz CT molecular complexity index is 675. The molecule has 0 bridgehead atoms. The number of nitrogens with zero attached hydrogens (tertiary/aromatic N) is 1.